The van der Waals surface area contributed by atoms with Gasteiger partial charge in [-0.05, 0) is 13.3 Å². The first-order valence-corrected chi connectivity index (χ1v) is 6.79. The van der Waals surface area contributed by atoms with Crippen molar-refractivity contribution in [3.8, 4) is 0 Å². The van der Waals surface area contributed by atoms with Gasteiger partial charge in [-0.25, -0.2) is 4.98 Å². The number of hydrogen-bond donors (Lipinski definition) is 2. The highest BCUT2D eigenvalue weighted by atomic mass is 16.4. The molecule has 0 radical (unpaired) electrons. The Labute approximate surface area is 115 Å². The predicted molar refractivity (Wildman–Crippen MR) is 78.3 cm³/mol. The van der Waals surface area contributed by atoms with Crippen LogP contribution < -0.4 is 10.6 Å². The summed E-state index contributed by atoms with van der Waals surface area (Å²) in [7, 11) is 1.76. The highest BCUT2D eigenvalue weighted by Crippen LogP contribution is 2.22. The van der Waals surface area contributed by atoms with Crippen LogP contribution in [0.3, 0.4) is 0 Å². The highest BCUT2D eigenvalue weighted by molar-refractivity contribution is 5.79. The third-order valence-electron chi connectivity index (χ3n) is 2.92. The van der Waals surface area contributed by atoms with E-state index in [2.05, 4.69) is 55.2 Å². The Hall–Kier alpha value is -1.52. The van der Waals surface area contributed by atoms with Crippen molar-refractivity contribution < 1.29 is 4.42 Å². The van der Waals surface area contributed by atoms with Crippen LogP contribution in [0.2, 0.25) is 0 Å². The summed E-state index contributed by atoms with van der Waals surface area (Å²) in [6.45, 7) is 11.1. The van der Waals surface area contributed by atoms with E-state index in [4.69, 9.17) is 4.42 Å². The molecule has 2 N–H and O–H groups in total. The third kappa shape index (κ3) is 4.93. The second-order valence-electron chi connectivity index (χ2n) is 5.75. The zero-order valence-electron chi connectivity index (χ0n) is 12.9. The molecule has 5 nitrogen and oxygen atoms in total. The lowest BCUT2D eigenvalue weighted by Crippen LogP contribution is -2.41. The van der Waals surface area contributed by atoms with Crippen LogP contribution in [0, 0.1) is 0 Å². The van der Waals surface area contributed by atoms with E-state index in [0.29, 0.717) is 18.5 Å². The molecule has 0 bridgehead atoms. The van der Waals surface area contributed by atoms with Crippen molar-refractivity contribution in [1.29, 1.82) is 0 Å². The summed E-state index contributed by atoms with van der Waals surface area (Å²) in [6, 6.07) is 0.390. The SMILES string of the molecule is CCC(C)NC(=NC)NCc1ncc(C(C)(C)C)o1. The van der Waals surface area contributed by atoms with Crippen LogP contribution in [0.5, 0.6) is 0 Å². The smallest absolute Gasteiger partial charge is 0.213 e. The largest absolute Gasteiger partial charge is 0.443 e. The quantitative estimate of drug-likeness (QED) is 0.649. The zero-order chi connectivity index (χ0) is 14.5. The summed E-state index contributed by atoms with van der Waals surface area (Å²) in [6.07, 6.45) is 2.84. The molecule has 1 aromatic rings. The topological polar surface area (TPSA) is 62.5 Å². The van der Waals surface area contributed by atoms with Crippen molar-refractivity contribution in [3.05, 3.63) is 17.8 Å². The van der Waals surface area contributed by atoms with Crippen molar-refractivity contribution in [2.45, 2.75) is 59.0 Å². The molecule has 0 aliphatic heterocycles. The summed E-state index contributed by atoms with van der Waals surface area (Å²) < 4.78 is 5.72. The van der Waals surface area contributed by atoms with Gasteiger partial charge in [0.1, 0.15) is 5.76 Å². The van der Waals surface area contributed by atoms with Gasteiger partial charge in [0.25, 0.3) is 0 Å². The van der Waals surface area contributed by atoms with Gasteiger partial charge in [-0.2, -0.15) is 0 Å². The van der Waals surface area contributed by atoms with Crippen LogP contribution >= 0.6 is 0 Å². The second kappa shape index (κ2) is 6.59. The summed E-state index contributed by atoms with van der Waals surface area (Å²) >= 11 is 0. The summed E-state index contributed by atoms with van der Waals surface area (Å²) in [5, 5.41) is 6.49. The molecule has 5 heteroatoms. The number of aliphatic imine (C=N–C) groups is 1. The van der Waals surface area contributed by atoms with Crippen molar-refractivity contribution >= 4 is 5.96 Å². The molecule has 0 aliphatic rings. The van der Waals surface area contributed by atoms with E-state index >= 15 is 0 Å². The molecule has 1 rings (SSSR count). The van der Waals surface area contributed by atoms with Gasteiger partial charge in [-0.1, -0.05) is 27.7 Å². The van der Waals surface area contributed by atoms with Crippen LogP contribution in [0.15, 0.2) is 15.6 Å². The van der Waals surface area contributed by atoms with Crippen LogP contribution in [0.1, 0.15) is 52.7 Å². The monoisotopic (exact) mass is 266 g/mol. The Kier molecular flexibility index (Phi) is 5.39. The first-order valence-electron chi connectivity index (χ1n) is 6.79. The summed E-state index contributed by atoms with van der Waals surface area (Å²) in [5.74, 6) is 2.34. The van der Waals surface area contributed by atoms with E-state index in [1.165, 1.54) is 0 Å². The van der Waals surface area contributed by atoms with Crippen molar-refractivity contribution in [2.75, 3.05) is 7.05 Å². The number of oxazole rings is 1. The normalized spacial score (nSPS) is 14.3. The van der Waals surface area contributed by atoms with Gasteiger partial charge in [0.15, 0.2) is 5.96 Å². The molecule has 1 heterocycles. The van der Waals surface area contributed by atoms with Gasteiger partial charge in [0.2, 0.25) is 5.89 Å². The number of hydrogen-bond acceptors (Lipinski definition) is 3. The van der Waals surface area contributed by atoms with Crippen LogP contribution in [0.4, 0.5) is 0 Å². The molecule has 0 saturated carbocycles. The number of nitrogens with one attached hydrogen (secondary N) is 2. The van der Waals surface area contributed by atoms with Gasteiger partial charge >= 0.3 is 0 Å². The van der Waals surface area contributed by atoms with Gasteiger partial charge in [0, 0.05) is 18.5 Å². The number of guanidine groups is 1. The van der Waals surface area contributed by atoms with Gasteiger partial charge in [0.05, 0.1) is 12.7 Å². The van der Waals surface area contributed by atoms with E-state index in [9.17, 15) is 0 Å². The van der Waals surface area contributed by atoms with Crippen molar-refractivity contribution in [3.63, 3.8) is 0 Å². The molecular formula is C14H26N4O. The van der Waals surface area contributed by atoms with E-state index in [-0.39, 0.29) is 5.41 Å². The molecule has 0 aliphatic carbocycles. The minimum atomic E-state index is -0.0120. The third-order valence-corrected chi connectivity index (χ3v) is 2.92. The summed E-state index contributed by atoms with van der Waals surface area (Å²) in [5.41, 5.74) is -0.0120. The van der Waals surface area contributed by atoms with E-state index in [0.717, 1.165) is 18.1 Å². The Morgan fingerprint density at radius 3 is 2.63 bits per heavy atom. The fraction of sp³-hybridized carbons (Fsp3) is 0.714. The molecule has 19 heavy (non-hydrogen) atoms. The van der Waals surface area contributed by atoms with Crippen LogP contribution in [0.25, 0.3) is 0 Å². The Morgan fingerprint density at radius 2 is 2.16 bits per heavy atom. The summed E-state index contributed by atoms with van der Waals surface area (Å²) in [4.78, 5) is 8.45. The standard InChI is InChI=1S/C14H26N4O/c1-7-10(2)18-13(15-6)17-9-12-16-8-11(19-12)14(3,4)5/h8,10H,7,9H2,1-6H3,(H2,15,17,18). The minimum Gasteiger partial charge on any atom is -0.443 e. The molecule has 0 saturated heterocycles. The molecule has 1 unspecified atom stereocenters. The van der Waals surface area contributed by atoms with Gasteiger partial charge in [-0.3, -0.25) is 4.99 Å². The van der Waals surface area contributed by atoms with Gasteiger partial charge < -0.3 is 15.1 Å². The minimum absolute atomic E-state index is 0.0120. The average molecular weight is 266 g/mol. The predicted octanol–water partition coefficient (Wildman–Crippen LogP) is 2.44. The van der Waals surface area contributed by atoms with Gasteiger partial charge in [-0.15, -0.1) is 0 Å². The molecule has 0 amide bonds. The van der Waals surface area contributed by atoms with E-state index in [1.54, 1.807) is 13.2 Å². The number of aromatic nitrogens is 1. The molecule has 1 aromatic heterocycles. The maximum Gasteiger partial charge on any atom is 0.213 e. The number of rotatable bonds is 4. The lowest BCUT2D eigenvalue weighted by molar-refractivity contribution is 0.379. The number of nitrogens with zero attached hydrogens (tertiary/aromatic N) is 2. The highest BCUT2D eigenvalue weighted by Gasteiger charge is 2.19. The van der Waals surface area contributed by atoms with Crippen molar-refractivity contribution in [2.24, 2.45) is 4.99 Å². The molecule has 108 valence electrons. The Morgan fingerprint density at radius 1 is 1.47 bits per heavy atom. The molecule has 0 spiro atoms. The van der Waals surface area contributed by atoms with Crippen LogP contribution in [-0.4, -0.2) is 24.0 Å². The molecule has 1 atom stereocenters. The Balaban J connectivity index is 2.54. The van der Waals surface area contributed by atoms with Crippen molar-refractivity contribution in [1.82, 2.24) is 15.6 Å². The zero-order valence-corrected chi connectivity index (χ0v) is 12.9. The first-order chi connectivity index (χ1) is 8.86. The maximum absolute atomic E-state index is 5.72. The molecular weight excluding hydrogens is 240 g/mol. The lowest BCUT2D eigenvalue weighted by atomic mass is 9.94. The maximum atomic E-state index is 5.72. The van der Waals surface area contributed by atoms with E-state index < -0.39 is 0 Å². The van der Waals surface area contributed by atoms with E-state index in [1.807, 2.05) is 0 Å². The molecule has 0 aromatic carbocycles. The lowest BCUT2D eigenvalue weighted by Gasteiger charge is -2.16. The van der Waals surface area contributed by atoms with Crippen LogP contribution in [-0.2, 0) is 12.0 Å². The fourth-order valence-corrected chi connectivity index (χ4v) is 1.43. The first kappa shape index (κ1) is 15.5. The fourth-order valence-electron chi connectivity index (χ4n) is 1.43. The average Bonchev–Trinajstić information content (AvgIpc) is 2.82. The Bertz CT molecular complexity index is 417. The second-order valence-corrected chi connectivity index (χ2v) is 5.75. The molecule has 0 fully saturated rings.